The minimum atomic E-state index is -0.211. The number of rotatable bonds is 6. The number of nitrogens with one attached hydrogen (secondary N) is 2. The van der Waals surface area contributed by atoms with Gasteiger partial charge in [-0.3, -0.25) is 4.79 Å². The zero-order chi connectivity index (χ0) is 19.2. The second kappa shape index (κ2) is 8.31. The van der Waals surface area contributed by atoms with Gasteiger partial charge >= 0.3 is 0 Å². The average molecular weight is 362 g/mol. The predicted molar refractivity (Wildman–Crippen MR) is 107 cm³/mol. The van der Waals surface area contributed by atoms with Gasteiger partial charge in [0.05, 0.1) is 0 Å². The first-order valence-corrected chi connectivity index (χ1v) is 8.67. The van der Waals surface area contributed by atoms with Crippen molar-refractivity contribution in [1.29, 1.82) is 0 Å². The zero-order valence-corrected chi connectivity index (χ0v) is 15.6. The van der Waals surface area contributed by atoms with Crippen LogP contribution in [0.1, 0.15) is 17.0 Å². The molecule has 0 spiro atoms. The maximum Gasteiger partial charge on any atom is 0.262 e. The van der Waals surface area contributed by atoms with E-state index in [-0.39, 0.29) is 12.5 Å². The van der Waals surface area contributed by atoms with Gasteiger partial charge in [0.1, 0.15) is 5.75 Å². The van der Waals surface area contributed by atoms with Crippen LogP contribution >= 0.6 is 0 Å². The molecule has 0 fully saturated rings. The first-order valence-electron chi connectivity index (χ1n) is 8.67. The van der Waals surface area contributed by atoms with Crippen molar-refractivity contribution < 1.29 is 9.53 Å². The topological polar surface area (TPSA) is 76.1 Å². The van der Waals surface area contributed by atoms with E-state index in [0.717, 1.165) is 22.6 Å². The lowest BCUT2D eigenvalue weighted by Crippen LogP contribution is -2.20. The number of anilines is 3. The lowest BCUT2D eigenvalue weighted by Gasteiger charge is -2.10. The molecule has 1 amide bonds. The number of carbonyl (C=O) groups excluding carboxylic acids is 1. The van der Waals surface area contributed by atoms with Gasteiger partial charge in [0.25, 0.3) is 5.91 Å². The molecule has 6 heteroatoms. The van der Waals surface area contributed by atoms with Gasteiger partial charge in [-0.05, 0) is 62.7 Å². The van der Waals surface area contributed by atoms with Crippen LogP contribution in [-0.4, -0.2) is 22.5 Å². The van der Waals surface area contributed by atoms with Crippen molar-refractivity contribution in [2.75, 3.05) is 17.2 Å². The number of aryl methyl sites for hydroxylation is 3. The van der Waals surface area contributed by atoms with Gasteiger partial charge in [0.15, 0.2) is 6.61 Å². The lowest BCUT2D eigenvalue weighted by molar-refractivity contribution is -0.118. The number of ether oxygens (including phenoxy) is 1. The maximum absolute atomic E-state index is 12.1. The van der Waals surface area contributed by atoms with Crippen molar-refractivity contribution >= 4 is 23.2 Å². The Labute approximate surface area is 158 Å². The highest BCUT2D eigenvalue weighted by Crippen LogP contribution is 2.18. The first kappa shape index (κ1) is 18.4. The van der Waals surface area contributed by atoms with Gasteiger partial charge in [-0.2, -0.15) is 0 Å². The molecule has 27 heavy (non-hydrogen) atoms. The summed E-state index contributed by atoms with van der Waals surface area (Å²) in [5.41, 5.74) is 4.34. The van der Waals surface area contributed by atoms with Crippen LogP contribution in [0, 0.1) is 20.8 Å². The number of aromatic nitrogens is 2. The Hall–Kier alpha value is -3.41. The molecule has 2 aromatic carbocycles. The van der Waals surface area contributed by atoms with Crippen LogP contribution in [0.25, 0.3) is 0 Å². The van der Waals surface area contributed by atoms with Crippen molar-refractivity contribution in [1.82, 2.24) is 9.97 Å². The Morgan fingerprint density at radius 1 is 0.926 bits per heavy atom. The summed E-state index contributed by atoms with van der Waals surface area (Å²) in [5, 5.41) is 5.98. The molecule has 0 aliphatic heterocycles. The Morgan fingerprint density at radius 3 is 2.22 bits per heavy atom. The van der Waals surface area contributed by atoms with Crippen LogP contribution in [0.3, 0.4) is 0 Å². The van der Waals surface area contributed by atoms with E-state index in [1.54, 1.807) is 0 Å². The van der Waals surface area contributed by atoms with Gasteiger partial charge in [-0.15, -0.1) is 0 Å². The first-order chi connectivity index (χ1) is 13.0. The molecule has 0 saturated heterocycles. The number of amides is 1. The standard InChI is InChI=1S/C21H22N4O2/c1-14-6-4-5-7-19(14)27-13-20(26)24-17-8-10-18(11-9-17)25-21-22-15(2)12-16(3)23-21/h4-12H,13H2,1-3H3,(H,24,26)(H,22,23,25). The summed E-state index contributed by atoms with van der Waals surface area (Å²) >= 11 is 0. The Morgan fingerprint density at radius 2 is 1.56 bits per heavy atom. The van der Waals surface area contributed by atoms with E-state index in [4.69, 9.17) is 4.74 Å². The van der Waals surface area contributed by atoms with Crippen molar-refractivity contribution in [3.63, 3.8) is 0 Å². The summed E-state index contributed by atoms with van der Waals surface area (Å²) in [7, 11) is 0. The van der Waals surface area contributed by atoms with Gasteiger partial charge in [0.2, 0.25) is 5.95 Å². The van der Waals surface area contributed by atoms with Gasteiger partial charge < -0.3 is 15.4 Å². The van der Waals surface area contributed by atoms with Gasteiger partial charge in [-0.1, -0.05) is 18.2 Å². The molecule has 1 heterocycles. The second-order valence-electron chi connectivity index (χ2n) is 6.28. The Bertz CT molecular complexity index is 919. The van der Waals surface area contributed by atoms with E-state index in [0.29, 0.717) is 17.4 Å². The maximum atomic E-state index is 12.1. The van der Waals surface area contributed by atoms with Crippen LogP contribution in [0.15, 0.2) is 54.6 Å². The van der Waals surface area contributed by atoms with Crippen molar-refractivity contribution in [3.05, 3.63) is 71.5 Å². The number of carbonyl (C=O) groups is 1. The fourth-order valence-electron chi connectivity index (χ4n) is 2.61. The molecule has 0 atom stereocenters. The molecule has 2 N–H and O–H groups in total. The quantitative estimate of drug-likeness (QED) is 0.688. The van der Waals surface area contributed by atoms with Crippen LogP contribution in [0.2, 0.25) is 0 Å². The van der Waals surface area contributed by atoms with Crippen molar-refractivity contribution in [3.8, 4) is 5.75 Å². The summed E-state index contributed by atoms with van der Waals surface area (Å²) in [6.07, 6.45) is 0. The molecule has 138 valence electrons. The molecule has 0 saturated carbocycles. The third-order valence-electron chi connectivity index (χ3n) is 3.86. The Balaban J connectivity index is 1.55. The van der Waals surface area contributed by atoms with E-state index in [1.807, 2.05) is 75.4 Å². The highest BCUT2D eigenvalue weighted by molar-refractivity contribution is 5.92. The molecule has 6 nitrogen and oxygen atoms in total. The molecule has 0 aliphatic carbocycles. The Kier molecular flexibility index (Phi) is 5.66. The molecule has 0 unspecified atom stereocenters. The van der Waals surface area contributed by atoms with E-state index in [9.17, 15) is 4.79 Å². The number of para-hydroxylation sites is 1. The summed E-state index contributed by atoms with van der Waals surface area (Å²) in [5.74, 6) is 1.05. The monoisotopic (exact) mass is 362 g/mol. The smallest absolute Gasteiger partial charge is 0.262 e. The molecule has 3 aromatic rings. The highest BCUT2D eigenvalue weighted by Gasteiger charge is 2.06. The average Bonchev–Trinajstić information content (AvgIpc) is 2.62. The van der Waals surface area contributed by atoms with Gasteiger partial charge in [0, 0.05) is 22.8 Å². The fourth-order valence-corrected chi connectivity index (χ4v) is 2.61. The van der Waals surface area contributed by atoms with Crippen LogP contribution in [-0.2, 0) is 4.79 Å². The van der Waals surface area contributed by atoms with Crippen LogP contribution in [0.4, 0.5) is 17.3 Å². The highest BCUT2D eigenvalue weighted by atomic mass is 16.5. The van der Waals surface area contributed by atoms with Crippen molar-refractivity contribution in [2.24, 2.45) is 0 Å². The van der Waals surface area contributed by atoms with E-state index in [1.165, 1.54) is 0 Å². The SMILES string of the molecule is Cc1cc(C)nc(Nc2ccc(NC(=O)COc3ccccc3C)cc2)n1. The van der Waals surface area contributed by atoms with Crippen LogP contribution < -0.4 is 15.4 Å². The third-order valence-corrected chi connectivity index (χ3v) is 3.86. The summed E-state index contributed by atoms with van der Waals surface area (Å²) in [6, 6.07) is 16.9. The normalized spacial score (nSPS) is 10.3. The second-order valence-corrected chi connectivity index (χ2v) is 6.28. The summed E-state index contributed by atoms with van der Waals surface area (Å²) < 4.78 is 5.55. The third kappa shape index (κ3) is 5.28. The molecule has 0 bridgehead atoms. The van der Waals surface area contributed by atoms with E-state index >= 15 is 0 Å². The predicted octanol–water partition coefficient (Wildman–Crippen LogP) is 4.16. The fraction of sp³-hybridized carbons (Fsp3) is 0.190. The van der Waals surface area contributed by atoms with E-state index < -0.39 is 0 Å². The molecule has 0 aliphatic rings. The number of hydrogen-bond acceptors (Lipinski definition) is 5. The van der Waals surface area contributed by atoms with Gasteiger partial charge in [-0.25, -0.2) is 9.97 Å². The minimum absolute atomic E-state index is 0.0404. The molecule has 3 rings (SSSR count). The molecular formula is C21H22N4O2. The summed E-state index contributed by atoms with van der Waals surface area (Å²) in [4.78, 5) is 20.8. The number of benzene rings is 2. The molecule has 0 radical (unpaired) electrons. The molecule has 1 aromatic heterocycles. The van der Waals surface area contributed by atoms with Crippen LogP contribution in [0.5, 0.6) is 5.75 Å². The van der Waals surface area contributed by atoms with E-state index in [2.05, 4.69) is 20.6 Å². The van der Waals surface area contributed by atoms with Crippen molar-refractivity contribution in [2.45, 2.75) is 20.8 Å². The summed E-state index contributed by atoms with van der Waals surface area (Å²) in [6.45, 7) is 5.76. The minimum Gasteiger partial charge on any atom is -0.483 e. The number of nitrogens with zero attached hydrogens (tertiary/aromatic N) is 2. The number of hydrogen-bond donors (Lipinski definition) is 2. The molecular weight excluding hydrogens is 340 g/mol. The zero-order valence-electron chi connectivity index (χ0n) is 15.6. The lowest BCUT2D eigenvalue weighted by atomic mass is 10.2. The largest absolute Gasteiger partial charge is 0.483 e.